The monoisotopic (exact) mass is 386 g/mol. The molecule has 0 saturated carbocycles. The number of nitrogens with zero attached hydrogens (tertiary/aromatic N) is 3. The molecule has 1 N–H and O–H groups in total. The Labute approximate surface area is 166 Å². The van der Waals surface area contributed by atoms with Crippen molar-refractivity contribution in [2.24, 2.45) is 0 Å². The number of benzene rings is 2. The van der Waals surface area contributed by atoms with E-state index >= 15 is 0 Å². The van der Waals surface area contributed by atoms with E-state index in [4.69, 9.17) is 9.47 Å². The molecular weight excluding hydrogens is 368 g/mol. The molecule has 4 aromatic rings. The van der Waals surface area contributed by atoms with Crippen LogP contribution in [-0.2, 0) is 13.1 Å². The van der Waals surface area contributed by atoms with Gasteiger partial charge in [0.25, 0.3) is 5.91 Å². The summed E-state index contributed by atoms with van der Waals surface area (Å²) in [5, 5.41) is 2.95. The van der Waals surface area contributed by atoms with Crippen LogP contribution in [0.25, 0.3) is 11.2 Å². The molecule has 1 aliphatic heterocycles. The molecule has 0 atom stereocenters. The maximum absolute atomic E-state index is 12.6. The highest BCUT2D eigenvalue weighted by Crippen LogP contribution is 2.32. The van der Waals surface area contributed by atoms with Crippen LogP contribution in [0.1, 0.15) is 21.7 Å². The Morgan fingerprint density at radius 1 is 1.03 bits per heavy atom. The van der Waals surface area contributed by atoms with Gasteiger partial charge >= 0.3 is 0 Å². The molecular formula is C22H18N4O3. The summed E-state index contributed by atoms with van der Waals surface area (Å²) in [5.41, 5.74) is 3.25. The average Bonchev–Trinajstić information content (AvgIpc) is 3.37. The molecule has 0 radical (unpaired) electrons. The van der Waals surface area contributed by atoms with E-state index in [-0.39, 0.29) is 19.2 Å². The van der Waals surface area contributed by atoms with Crippen molar-refractivity contribution in [3.63, 3.8) is 0 Å². The third-order valence-corrected chi connectivity index (χ3v) is 4.81. The Bertz CT molecular complexity index is 1190. The Morgan fingerprint density at radius 3 is 2.79 bits per heavy atom. The lowest BCUT2D eigenvalue weighted by Gasteiger charge is -2.10. The molecule has 3 heterocycles. The molecule has 5 rings (SSSR count). The van der Waals surface area contributed by atoms with Gasteiger partial charge in [0.1, 0.15) is 11.3 Å². The summed E-state index contributed by atoms with van der Waals surface area (Å²) in [6.45, 7) is 1.09. The number of fused-ring (bicyclic) bond motifs is 2. The van der Waals surface area contributed by atoms with Crippen molar-refractivity contribution in [2.45, 2.75) is 13.1 Å². The van der Waals surface area contributed by atoms with Gasteiger partial charge in [-0.15, -0.1) is 0 Å². The number of imidazole rings is 1. The van der Waals surface area contributed by atoms with Crippen LogP contribution in [-0.4, -0.2) is 27.2 Å². The van der Waals surface area contributed by atoms with Crippen LogP contribution in [0.3, 0.4) is 0 Å². The van der Waals surface area contributed by atoms with Crippen LogP contribution >= 0.6 is 0 Å². The van der Waals surface area contributed by atoms with Gasteiger partial charge in [-0.1, -0.05) is 30.3 Å². The lowest BCUT2D eigenvalue weighted by Crippen LogP contribution is -2.25. The molecule has 7 nitrogen and oxygen atoms in total. The number of rotatable bonds is 5. The maximum Gasteiger partial charge on any atom is 0.251 e. The lowest BCUT2D eigenvalue weighted by molar-refractivity contribution is 0.0949. The second-order valence-corrected chi connectivity index (χ2v) is 6.70. The fourth-order valence-electron chi connectivity index (χ4n) is 3.37. The van der Waals surface area contributed by atoms with Crippen LogP contribution in [0.4, 0.5) is 0 Å². The van der Waals surface area contributed by atoms with Gasteiger partial charge in [-0.25, -0.2) is 9.97 Å². The number of amides is 1. The zero-order valence-corrected chi connectivity index (χ0v) is 15.5. The Hall–Kier alpha value is -3.87. The van der Waals surface area contributed by atoms with Crippen LogP contribution < -0.4 is 14.8 Å². The highest BCUT2D eigenvalue weighted by Gasteiger charge is 2.17. The van der Waals surface area contributed by atoms with Gasteiger partial charge in [-0.05, 0) is 35.9 Å². The van der Waals surface area contributed by atoms with Crippen LogP contribution in [0.15, 0.2) is 66.9 Å². The van der Waals surface area contributed by atoms with Gasteiger partial charge in [0, 0.05) is 11.8 Å². The molecule has 2 aromatic carbocycles. The normalized spacial score (nSPS) is 12.3. The predicted molar refractivity (Wildman–Crippen MR) is 107 cm³/mol. The SMILES string of the molecule is O=C(NCc1nc2cccnc2n1Cc1ccccc1)c1ccc2c(c1)OCO2. The molecule has 0 saturated heterocycles. The van der Waals surface area contributed by atoms with Gasteiger partial charge < -0.3 is 19.4 Å². The van der Waals surface area contributed by atoms with Crippen LogP contribution in [0.2, 0.25) is 0 Å². The molecule has 0 aliphatic carbocycles. The lowest BCUT2D eigenvalue weighted by atomic mass is 10.2. The fraction of sp³-hybridized carbons (Fsp3) is 0.136. The minimum atomic E-state index is -0.199. The van der Waals surface area contributed by atoms with E-state index in [0.717, 1.165) is 22.6 Å². The maximum atomic E-state index is 12.6. The highest BCUT2D eigenvalue weighted by molar-refractivity contribution is 5.94. The average molecular weight is 386 g/mol. The smallest absolute Gasteiger partial charge is 0.251 e. The molecule has 7 heteroatoms. The van der Waals surface area contributed by atoms with E-state index in [0.29, 0.717) is 23.6 Å². The number of nitrogens with one attached hydrogen (secondary N) is 1. The third kappa shape index (κ3) is 3.38. The zero-order valence-electron chi connectivity index (χ0n) is 15.5. The van der Waals surface area contributed by atoms with Crippen LogP contribution in [0.5, 0.6) is 11.5 Å². The van der Waals surface area contributed by atoms with Crippen molar-refractivity contribution in [3.05, 3.63) is 83.8 Å². The van der Waals surface area contributed by atoms with E-state index in [1.165, 1.54) is 0 Å². The zero-order chi connectivity index (χ0) is 19.6. The molecule has 144 valence electrons. The van der Waals surface area contributed by atoms with Gasteiger partial charge in [0.05, 0.1) is 13.1 Å². The van der Waals surface area contributed by atoms with E-state index in [2.05, 4.69) is 27.4 Å². The number of hydrogen-bond donors (Lipinski definition) is 1. The molecule has 0 bridgehead atoms. The highest BCUT2D eigenvalue weighted by atomic mass is 16.7. The minimum Gasteiger partial charge on any atom is -0.454 e. The number of ether oxygens (including phenoxy) is 2. The first kappa shape index (κ1) is 17.2. The summed E-state index contributed by atoms with van der Waals surface area (Å²) in [6, 6.07) is 19.0. The van der Waals surface area contributed by atoms with Crippen molar-refractivity contribution in [1.29, 1.82) is 0 Å². The first-order valence-electron chi connectivity index (χ1n) is 9.30. The van der Waals surface area contributed by atoms with Gasteiger partial charge in [0.15, 0.2) is 17.1 Å². The van der Waals surface area contributed by atoms with Crippen LogP contribution in [0, 0.1) is 0 Å². The van der Waals surface area contributed by atoms with E-state index in [1.54, 1.807) is 24.4 Å². The number of carbonyl (C=O) groups excluding carboxylic acids is 1. The van der Waals surface area contributed by atoms with E-state index in [9.17, 15) is 4.79 Å². The minimum absolute atomic E-state index is 0.177. The van der Waals surface area contributed by atoms with Gasteiger partial charge in [0.2, 0.25) is 6.79 Å². The van der Waals surface area contributed by atoms with Gasteiger partial charge in [-0.2, -0.15) is 0 Å². The molecule has 29 heavy (non-hydrogen) atoms. The Balaban J connectivity index is 1.40. The van der Waals surface area contributed by atoms with Crippen molar-refractivity contribution in [1.82, 2.24) is 19.9 Å². The summed E-state index contributed by atoms with van der Waals surface area (Å²) in [4.78, 5) is 21.8. The molecule has 2 aromatic heterocycles. The van der Waals surface area contributed by atoms with Gasteiger partial charge in [-0.3, -0.25) is 4.79 Å². The number of carbonyl (C=O) groups is 1. The van der Waals surface area contributed by atoms with E-state index in [1.807, 2.05) is 34.9 Å². The van der Waals surface area contributed by atoms with Crippen molar-refractivity contribution in [3.8, 4) is 11.5 Å². The number of aromatic nitrogens is 3. The first-order chi connectivity index (χ1) is 14.3. The Kier molecular flexibility index (Phi) is 4.32. The molecule has 0 unspecified atom stereocenters. The number of hydrogen-bond acceptors (Lipinski definition) is 5. The Morgan fingerprint density at radius 2 is 1.90 bits per heavy atom. The van der Waals surface area contributed by atoms with Crippen molar-refractivity contribution in [2.75, 3.05) is 6.79 Å². The third-order valence-electron chi connectivity index (χ3n) is 4.81. The van der Waals surface area contributed by atoms with E-state index < -0.39 is 0 Å². The second kappa shape index (κ2) is 7.27. The molecule has 1 amide bonds. The number of pyridine rings is 1. The summed E-state index contributed by atoms with van der Waals surface area (Å²) < 4.78 is 12.7. The summed E-state index contributed by atoms with van der Waals surface area (Å²) >= 11 is 0. The van der Waals surface area contributed by atoms with Crippen molar-refractivity contribution < 1.29 is 14.3 Å². The standard InChI is InChI=1S/C22H18N4O3/c27-22(16-8-9-18-19(11-16)29-14-28-18)24-12-20-25-17-7-4-10-23-21(17)26(20)13-15-5-2-1-3-6-15/h1-11H,12-14H2,(H,24,27). The first-order valence-corrected chi connectivity index (χ1v) is 9.30. The second-order valence-electron chi connectivity index (χ2n) is 6.70. The predicted octanol–water partition coefficient (Wildman–Crippen LogP) is 3.14. The summed E-state index contributed by atoms with van der Waals surface area (Å²) in [7, 11) is 0. The topological polar surface area (TPSA) is 78.3 Å². The van der Waals surface area contributed by atoms with Crippen molar-refractivity contribution >= 4 is 17.1 Å². The summed E-state index contributed by atoms with van der Waals surface area (Å²) in [5.74, 6) is 1.78. The molecule has 1 aliphatic rings. The quantitative estimate of drug-likeness (QED) is 0.570. The molecule has 0 fully saturated rings. The summed E-state index contributed by atoms with van der Waals surface area (Å²) in [6.07, 6.45) is 1.75. The largest absolute Gasteiger partial charge is 0.454 e. The molecule has 0 spiro atoms. The fourth-order valence-corrected chi connectivity index (χ4v) is 3.37.